The van der Waals surface area contributed by atoms with E-state index in [2.05, 4.69) is 21.6 Å². The van der Waals surface area contributed by atoms with E-state index in [4.69, 9.17) is 9.15 Å². The molecule has 0 fully saturated rings. The Morgan fingerprint density at radius 1 is 1.17 bits per heavy atom. The maximum absolute atomic E-state index is 5.66. The van der Waals surface area contributed by atoms with Crippen LogP contribution in [0, 0.1) is 6.92 Å². The molecular weight excluding hydrogens is 290 g/mol. The molecule has 23 heavy (non-hydrogen) atoms. The molecule has 0 atom stereocenters. The third-order valence-electron chi connectivity index (χ3n) is 3.78. The summed E-state index contributed by atoms with van der Waals surface area (Å²) < 4.78 is 11.0. The highest BCUT2D eigenvalue weighted by Crippen LogP contribution is 2.23. The first-order valence-corrected chi connectivity index (χ1v) is 7.69. The quantitative estimate of drug-likeness (QED) is 0.657. The summed E-state index contributed by atoms with van der Waals surface area (Å²) >= 11 is 0. The van der Waals surface area contributed by atoms with Crippen molar-refractivity contribution in [3.63, 3.8) is 0 Å². The highest BCUT2D eigenvalue weighted by atomic mass is 16.5. The summed E-state index contributed by atoms with van der Waals surface area (Å²) in [5.74, 6) is 2.65. The van der Waals surface area contributed by atoms with E-state index in [0.717, 1.165) is 48.0 Å². The third kappa shape index (κ3) is 3.63. The van der Waals surface area contributed by atoms with Gasteiger partial charge in [-0.1, -0.05) is 18.2 Å². The number of aryl methyl sites for hydroxylation is 1. The lowest BCUT2D eigenvalue weighted by molar-refractivity contribution is 0.409. The molecule has 5 nitrogen and oxygen atoms in total. The van der Waals surface area contributed by atoms with Crippen LogP contribution in [0.2, 0.25) is 0 Å². The fourth-order valence-corrected chi connectivity index (χ4v) is 2.58. The second kappa shape index (κ2) is 7.15. The minimum Gasteiger partial charge on any atom is -0.496 e. The van der Waals surface area contributed by atoms with Gasteiger partial charge in [-0.2, -0.15) is 5.10 Å². The molecule has 0 aliphatic heterocycles. The molecule has 0 aliphatic rings. The van der Waals surface area contributed by atoms with Gasteiger partial charge in [-0.25, -0.2) is 0 Å². The minimum atomic E-state index is 0.737. The van der Waals surface area contributed by atoms with E-state index in [0.29, 0.717) is 0 Å². The fourth-order valence-electron chi connectivity index (χ4n) is 2.58. The molecule has 2 heterocycles. The van der Waals surface area contributed by atoms with Crippen LogP contribution in [0.3, 0.4) is 0 Å². The number of para-hydroxylation sites is 1. The Bertz CT molecular complexity index is 761. The van der Waals surface area contributed by atoms with Crippen molar-refractivity contribution >= 4 is 0 Å². The van der Waals surface area contributed by atoms with Crippen molar-refractivity contribution in [2.24, 2.45) is 0 Å². The molecule has 0 radical (unpaired) electrons. The van der Waals surface area contributed by atoms with Crippen molar-refractivity contribution in [3.8, 4) is 17.2 Å². The summed E-state index contributed by atoms with van der Waals surface area (Å²) in [7, 11) is 1.70. The van der Waals surface area contributed by atoms with Crippen LogP contribution in [0.15, 0.2) is 47.0 Å². The summed E-state index contributed by atoms with van der Waals surface area (Å²) in [5.41, 5.74) is 3.24. The van der Waals surface area contributed by atoms with Gasteiger partial charge in [-0.05, 0) is 43.7 Å². The van der Waals surface area contributed by atoms with E-state index < -0.39 is 0 Å². The zero-order chi connectivity index (χ0) is 16.1. The predicted octanol–water partition coefficient (Wildman–Crippen LogP) is 3.32. The average molecular weight is 311 g/mol. The summed E-state index contributed by atoms with van der Waals surface area (Å²) in [6.45, 7) is 3.54. The largest absolute Gasteiger partial charge is 0.496 e. The summed E-state index contributed by atoms with van der Waals surface area (Å²) in [5, 5.41) is 10.6. The first-order valence-electron chi connectivity index (χ1n) is 7.69. The monoisotopic (exact) mass is 311 g/mol. The predicted molar refractivity (Wildman–Crippen MR) is 89.4 cm³/mol. The first-order chi connectivity index (χ1) is 11.3. The third-order valence-corrected chi connectivity index (χ3v) is 3.78. The molecule has 0 spiro atoms. The molecule has 3 rings (SSSR count). The molecule has 0 saturated carbocycles. The standard InChI is InChI=1S/C18H21N3O2/c1-13-7-8-17(23-13)18-15(12-20-21-18)11-19-10-9-14-5-3-4-6-16(14)22-2/h3-8,12,19H,9-11H2,1-2H3,(H,20,21). The van der Waals surface area contributed by atoms with Gasteiger partial charge in [0.15, 0.2) is 5.76 Å². The lowest BCUT2D eigenvalue weighted by atomic mass is 10.1. The zero-order valence-corrected chi connectivity index (χ0v) is 13.4. The van der Waals surface area contributed by atoms with E-state index >= 15 is 0 Å². The van der Waals surface area contributed by atoms with Crippen molar-refractivity contribution < 1.29 is 9.15 Å². The highest BCUT2D eigenvalue weighted by Gasteiger charge is 2.10. The first kappa shape index (κ1) is 15.4. The Balaban J connectivity index is 1.57. The van der Waals surface area contributed by atoms with Crippen LogP contribution in [-0.4, -0.2) is 23.9 Å². The van der Waals surface area contributed by atoms with E-state index in [1.807, 2.05) is 43.5 Å². The van der Waals surface area contributed by atoms with Crippen LogP contribution in [0.5, 0.6) is 5.75 Å². The maximum atomic E-state index is 5.66. The Morgan fingerprint density at radius 2 is 2.04 bits per heavy atom. The van der Waals surface area contributed by atoms with E-state index in [1.165, 1.54) is 5.56 Å². The molecule has 3 aromatic rings. The van der Waals surface area contributed by atoms with Gasteiger partial charge in [0.05, 0.1) is 13.3 Å². The van der Waals surface area contributed by atoms with Gasteiger partial charge in [0, 0.05) is 12.1 Å². The second-order valence-corrected chi connectivity index (χ2v) is 5.42. The number of nitrogens with zero attached hydrogens (tertiary/aromatic N) is 1. The van der Waals surface area contributed by atoms with Crippen LogP contribution in [-0.2, 0) is 13.0 Å². The van der Waals surface area contributed by atoms with E-state index in [1.54, 1.807) is 7.11 Å². The molecule has 5 heteroatoms. The molecule has 2 N–H and O–H groups in total. The molecule has 0 bridgehead atoms. The summed E-state index contributed by atoms with van der Waals surface area (Å²) in [6.07, 6.45) is 2.75. The number of aromatic amines is 1. The Hall–Kier alpha value is -2.53. The smallest absolute Gasteiger partial charge is 0.152 e. The molecule has 0 amide bonds. The van der Waals surface area contributed by atoms with Gasteiger partial charge in [-0.3, -0.25) is 5.10 Å². The van der Waals surface area contributed by atoms with Crippen LogP contribution in [0.4, 0.5) is 0 Å². The number of methoxy groups -OCH3 is 1. The molecule has 0 saturated heterocycles. The van der Waals surface area contributed by atoms with Crippen LogP contribution >= 0.6 is 0 Å². The second-order valence-electron chi connectivity index (χ2n) is 5.42. The molecule has 1 aromatic carbocycles. The van der Waals surface area contributed by atoms with Crippen LogP contribution in [0.25, 0.3) is 11.5 Å². The van der Waals surface area contributed by atoms with Crippen molar-refractivity contribution in [2.45, 2.75) is 19.9 Å². The highest BCUT2D eigenvalue weighted by molar-refractivity contribution is 5.56. The molecular formula is C18H21N3O2. The van der Waals surface area contributed by atoms with Gasteiger partial charge in [0.1, 0.15) is 17.2 Å². The molecule has 0 aliphatic carbocycles. The number of furan rings is 1. The number of aromatic nitrogens is 2. The van der Waals surface area contributed by atoms with Crippen molar-refractivity contribution in [1.82, 2.24) is 15.5 Å². The lowest BCUT2D eigenvalue weighted by Gasteiger charge is -2.09. The van der Waals surface area contributed by atoms with E-state index in [-0.39, 0.29) is 0 Å². The summed E-state index contributed by atoms with van der Waals surface area (Å²) in [6, 6.07) is 12.0. The van der Waals surface area contributed by atoms with Crippen molar-refractivity contribution in [3.05, 3.63) is 59.5 Å². The average Bonchev–Trinajstić information content (AvgIpc) is 3.20. The topological polar surface area (TPSA) is 63.1 Å². The SMILES string of the molecule is COc1ccccc1CCNCc1cn[nH]c1-c1ccc(C)o1. The Kier molecular flexibility index (Phi) is 4.78. The number of nitrogens with one attached hydrogen (secondary N) is 2. The van der Waals surface area contributed by atoms with Gasteiger partial charge < -0.3 is 14.5 Å². The van der Waals surface area contributed by atoms with Gasteiger partial charge in [0.25, 0.3) is 0 Å². The van der Waals surface area contributed by atoms with Gasteiger partial charge in [-0.15, -0.1) is 0 Å². The zero-order valence-electron chi connectivity index (χ0n) is 13.4. The molecule has 2 aromatic heterocycles. The van der Waals surface area contributed by atoms with Crippen LogP contribution in [0.1, 0.15) is 16.9 Å². The maximum Gasteiger partial charge on any atom is 0.152 e. The molecule has 120 valence electrons. The van der Waals surface area contributed by atoms with Crippen molar-refractivity contribution in [1.29, 1.82) is 0 Å². The van der Waals surface area contributed by atoms with Crippen LogP contribution < -0.4 is 10.1 Å². The fraction of sp³-hybridized carbons (Fsp3) is 0.278. The van der Waals surface area contributed by atoms with Gasteiger partial charge >= 0.3 is 0 Å². The Morgan fingerprint density at radius 3 is 2.83 bits per heavy atom. The molecule has 0 unspecified atom stereocenters. The summed E-state index contributed by atoms with van der Waals surface area (Å²) in [4.78, 5) is 0. The number of rotatable bonds is 7. The number of H-pyrrole nitrogens is 1. The van der Waals surface area contributed by atoms with E-state index in [9.17, 15) is 0 Å². The lowest BCUT2D eigenvalue weighted by Crippen LogP contribution is -2.17. The number of ether oxygens (including phenoxy) is 1. The number of hydrogen-bond donors (Lipinski definition) is 2. The minimum absolute atomic E-state index is 0.737. The normalized spacial score (nSPS) is 10.9. The Labute approximate surface area is 135 Å². The number of benzene rings is 1. The number of hydrogen-bond acceptors (Lipinski definition) is 4. The van der Waals surface area contributed by atoms with Gasteiger partial charge in [0.2, 0.25) is 0 Å². The van der Waals surface area contributed by atoms with Crippen molar-refractivity contribution in [2.75, 3.05) is 13.7 Å².